The van der Waals surface area contributed by atoms with Gasteiger partial charge in [0.2, 0.25) is 29.5 Å². The standard InChI is InChI=1S/C13H14FNO.2C12H12FNO2.C11H11BrFNO.C8H5BrFNO/c1-5-8-10(14)7-6-9-11(8)15(4)12(16)13(9,2)3;2*1-12(2)8-4-5-9(13)7(6-15)10(8)14(3)11(12)16;1-11(2)6-4-5-7(13)8(12)9(6)14(3)10(11)15;9-7-5(10)2-1-4-3-6(12)11-8(4)7/h5-7H,1H2,2-4H3;2*4-6H,1-3H3;4-5H,1-3H3;1-2H,3H2,(H,11,12). The van der Waals surface area contributed by atoms with E-state index in [-0.39, 0.29) is 58.1 Å². The van der Waals surface area contributed by atoms with Gasteiger partial charge in [-0.05, 0) is 145 Å². The molecule has 0 aliphatic carbocycles. The fourth-order valence-electron chi connectivity index (χ4n) is 9.91. The fourth-order valence-corrected chi connectivity index (χ4v) is 11.0. The van der Waals surface area contributed by atoms with Crippen LogP contribution in [0.2, 0.25) is 0 Å². The zero-order valence-electron chi connectivity index (χ0n) is 43.2. The molecule has 1 N–H and O–H groups in total. The third kappa shape index (κ3) is 9.61. The van der Waals surface area contributed by atoms with Gasteiger partial charge >= 0.3 is 0 Å². The molecule has 5 aliphatic heterocycles. The van der Waals surface area contributed by atoms with Crippen molar-refractivity contribution in [2.45, 2.75) is 83.5 Å². The van der Waals surface area contributed by atoms with Gasteiger partial charge in [0.25, 0.3) is 0 Å². The Morgan fingerprint density at radius 1 is 0.467 bits per heavy atom. The van der Waals surface area contributed by atoms with Gasteiger partial charge in [-0.1, -0.05) is 43.0 Å². The molecule has 5 aliphatic rings. The molecule has 0 radical (unpaired) electrons. The summed E-state index contributed by atoms with van der Waals surface area (Å²) in [6.45, 7) is 18.1. The number of carbonyl (C=O) groups excluding carboxylic acids is 7. The zero-order chi connectivity index (χ0) is 56.3. The van der Waals surface area contributed by atoms with Gasteiger partial charge in [-0.3, -0.25) is 33.6 Å². The number of nitrogens with one attached hydrogen (secondary N) is 1. The highest BCUT2D eigenvalue weighted by molar-refractivity contribution is 9.11. The first-order chi connectivity index (χ1) is 34.8. The minimum atomic E-state index is -0.699. The lowest BCUT2D eigenvalue weighted by Gasteiger charge is -2.16. The first-order valence-corrected chi connectivity index (χ1v) is 24.8. The van der Waals surface area contributed by atoms with Crippen LogP contribution < -0.4 is 24.9 Å². The molecule has 394 valence electrons. The van der Waals surface area contributed by atoms with Crippen LogP contribution in [0, 0.1) is 29.1 Å². The third-order valence-corrected chi connectivity index (χ3v) is 15.7. The van der Waals surface area contributed by atoms with Gasteiger partial charge in [-0.25, -0.2) is 22.0 Å². The topological polar surface area (TPSA) is 144 Å². The van der Waals surface area contributed by atoms with Gasteiger partial charge in [0.1, 0.15) is 29.1 Å². The molecule has 0 bridgehead atoms. The lowest BCUT2D eigenvalue weighted by atomic mass is 9.85. The predicted molar refractivity (Wildman–Crippen MR) is 286 cm³/mol. The molecule has 5 aromatic carbocycles. The number of halogens is 7. The third-order valence-electron chi connectivity index (χ3n) is 14.2. The molecule has 0 atom stereocenters. The van der Waals surface area contributed by atoms with E-state index in [0.29, 0.717) is 73.1 Å². The monoisotopic (exact) mass is 1160 g/mol. The molecular formula is C56H54Br2F5N5O7. The van der Waals surface area contributed by atoms with Gasteiger partial charge in [-0.15, -0.1) is 0 Å². The van der Waals surface area contributed by atoms with Crippen molar-refractivity contribution in [3.63, 3.8) is 0 Å². The smallest absolute Gasteiger partial charge is 0.236 e. The van der Waals surface area contributed by atoms with Crippen molar-refractivity contribution in [1.82, 2.24) is 0 Å². The molecular weight excluding hydrogens is 1110 g/mol. The minimum Gasteiger partial charge on any atom is -0.324 e. The summed E-state index contributed by atoms with van der Waals surface area (Å²) in [5, 5.41) is 2.58. The number of aldehydes is 2. The second-order valence-corrected chi connectivity index (χ2v) is 21.9. The number of hydrogen-bond donors (Lipinski definition) is 1. The number of nitrogens with zero attached hydrogens (tertiary/aromatic N) is 4. The zero-order valence-corrected chi connectivity index (χ0v) is 46.4. The average Bonchev–Trinajstić information content (AvgIpc) is 4.00. The summed E-state index contributed by atoms with van der Waals surface area (Å²) >= 11 is 6.25. The maximum atomic E-state index is 13.6. The number of rotatable bonds is 3. The van der Waals surface area contributed by atoms with Crippen LogP contribution in [-0.2, 0) is 52.1 Å². The van der Waals surface area contributed by atoms with Crippen molar-refractivity contribution in [3.05, 3.63) is 150 Å². The number of likely N-dealkylation sites (N-methyl/N-ethyl adjacent to an activating group) is 4. The van der Waals surface area contributed by atoms with E-state index in [0.717, 1.165) is 16.7 Å². The molecule has 0 aromatic heterocycles. The predicted octanol–water partition coefficient (Wildman–Crippen LogP) is 11.4. The number of anilines is 5. The van der Waals surface area contributed by atoms with Gasteiger partial charge in [-0.2, -0.15) is 0 Å². The summed E-state index contributed by atoms with van der Waals surface area (Å²) in [4.78, 5) is 86.2. The van der Waals surface area contributed by atoms with Crippen LogP contribution in [-0.4, -0.2) is 70.3 Å². The van der Waals surface area contributed by atoms with Crippen molar-refractivity contribution < 1.29 is 55.5 Å². The molecule has 12 nitrogen and oxygen atoms in total. The van der Waals surface area contributed by atoms with E-state index in [4.69, 9.17) is 0 Å². The molecule has 19 heteroatoms. The Balaban J connectivity index is 0.000000153. The number of fused-ring (bicyclic) bond motifs is 5. The van der Waals surface area contributed by atoms with E-state index in [1.807, 2.05) is 27.7 Å². The van der Waals surface area contributed by atoms with Crippen LogP contribution in [0.4, 0.5) is 50.4 Å². The Morgan fingerprint density at radius 3 is 1.12 bits per heavy atom. The summed E-state index contributed by atoms with van der Waals surface area (Å²) in [5.74, 6) is -2.59. The average molecular weight is 1160 g/mol. The largest absolute Gasteiger partial charge is 0.324 e. The van der Waals surface area contributed by atoms with Gasteiger partial charge in [0.15, 0.2) is 12.6 Å². The van der Waals surface area contributed by atoms with Gasteiger partial charge in [0.05, 0.1) is 76.6 Å². The fraction of sp³-hybridized carbons (Fsp3) is 0.304. The lowest BCUT2D eigenvalue weighted by Crippen LogP contribution is -2.33. The van der Waals surface area contributed by atoms with E-state index in [2.05, 4.69) is 43.8 Å². The van der Waals surface area contributed by atoms with E-state index >= 15 is 0 Å². The van der Waals surface area contributed by atoms with Crippen LogP contribution in [0.5, 0.6) is 0 Å². The molecule has 10 rings (SSSR count). The van der Waals surface area contributed by atoms with Crippen LogP contribution in [0.15, 0.2) is 76.2 Å². The second kappa shape index (κ2) is 20.7. The van der Waals surface area contributed by atoms with Crippen molar-refractivity contribution in [3.8, 4) is 0 Å². The Hall–Kier alpha value is -6.86. The summed E-state index contributed by atoms with van der Waals surface area (Å²) in [7, 11) is 6.45. The Morgan fingerprint density at radius 2 is 0.760 bits per heavy atom. The summed E-state index contributed by atoms with van der Waals surface area (Å²) < 4.78 is 67.4. The highest BCUT2D eigenvalue weighted by atomic mass is 79.9. The highest BCUT2D eigenvalue weighted by Crippen LogP contribution is 2.47. The normalized spacial score (nSPS) is 17.1. The molecule has 0 saturated carbocycles. The molecule has 0 unspecified atom stereocenters. The number of benzene rings is 5. The second-order valence-electron chi connectivity index (χ2n) is 20.3. The maximum Gasteiger partial charge on any atom is 0.236 e. The summed E-state index contributed by atoms with van der Waals surface area (Å²) in [6, 6.07) is 14.7. The SMILES string of the molecule is C=Cc1c(F)ccc2c1N(C)C(=O)C2(C)C.CN1C(=O)C(C)(C)c2ccc(F)c(Br)c21.CN1C(=O)C(C)(C)c2ccc(F)c(C=O)c21.CN1C(=O)C(C)(C)c2ccc(F)c(C=O)c21.O=C1Cc2ccc(F)c(Br)c2N1. The quantitative estimate of drug-likeness (QED) is 0.140. The summed E-state index contributed by atoms with van der Waals surface area (Å²) in [5.41, 5.74) is 4.36. The van der Waals surface area contributed by atoms with Crippen LogP contribution >= 0.6 is 31.9 Å². The number of amides is 5. The highest BCUT2D eigenvalue weighted by Gasteiger charge is 2.47. The van der Waals surface area contributed by atoms with Gasteiger partial charge < -0.3 is 24.9 Å². The Bertz CT molecular complexity index is 3080. The molecule has 5 heterocycles. The molecule has 5 aromatic rings. The van der Waals surface area contributed by atoms with Crippen LogP contribution in [0.25, 0.3) is 6.08 Å². The Kier molecular flexibility index (Phi) is 15.8. The van der Waals surface area contributed by atoms with E-state index < -0.39 is 33.3 Å². The number of hydrogen-bond acceptors (Lipinski definition) is 7. The molecule has 0 spiro atoms. The van der Waals surface area contributed by atoms with Gasteiger partial charge in [0, 0.05) is 33.8 Å². The maximum absolute atomic E-state index is 13.6. The van der Waals surface area contributed by atoms with E-state index in [1.165, 1.54) is 56.0 Å². The van der Waals surface area contributed by atoms with Crippen molar-refractivity contribution >= 4 is 108 Å². The molecule has 0 fully saturated rings. The molecule has 75 heavy (non-hydrogen) atoms. The molecule has 0 saturated heterocycles. The Labute approximate surface area is 448 Å². The first kappa shape index (κ1) is 57.4. The number of carbonyl (C=O) groups is 7. The van der Waals surface area contributed by atoms with Crippen molar-refractivity contribution in [2.24, 2.45) is 0 Å². The lowest BCUT2D eigenvalue weighted by molar-refractivity contribution is -0.122. The van der Waals surface area contributed by atoms with Crippen LogP contribution in [0.1, 0.15) is 109 Å². The van der Waals surface area contributed by atoms with Crippen molar-refractivity contribution in [2.75, 3.05) is 53.1 Å². The van der Waals surface area contributed by atoms with Crippen LogP contribution in [0.3, 0.4) is 0 Å². The van der Waals surface area contributed by atoms with E-state index in [1.54, 1.807) is 86.2 Å². The molecule has 5 amide bonds. The first-order valence-electron chi connectivity index (χ1n) is 23.2. The van der Waals surface area contributed by atoms with E-state index in [9.17, 15) is 55.5 Å². The van der Waals surface area contributed by atoms with Crippen molar-refractivity contribution in [1.29, 1.82) is 0 Å². The minimum absolute atomic E-state index is 0.0104. The summed E-state index contributed by atoms with van der Waals surface area (Å²) in [6.07, 6.45) is 2.71.